The van der Waals surface area contributed by atoms with Crippen LogP contribution < -0.4 is 5.32 Å². The fourth-order valence-corrected chi connectivity index (χ4v) is 2.38. The summed E-state index contributed by atoms with van der Waals surface area (Å²) in [6, 6.07) is 15.4. The normalized spacial score (nSPS) is 10.3. The van der Waals surface area contributed by atoms with E-state index in [2.05, 4.69) is 10.4 Å². The van der Waals surface area contributed by atoms with Crippen molar-refractivity contribution in [3.8, 4) is 11.8 Å². The van der Waals surface area contributed by atoms with E-state index in [1.807, 2.05) is 24.3 Å². The molecule has 1 aromatic heterocycles. The average Bonchev–Trinajstić information content (AvgIpc) is 3.03. The van der Waals surface area contributed by atoms with E-state index in [4.69, 9.17) is 16.9 Å². The van der Waals surface area contributed by atoms with Gasteiger partial charge < -0.3 is 5.32 Å². The number of nitrogens with one attached hydrogen (secondary N) is 1. The Morgan fingerprint density at radius 3 is 2.83 bits per heavy atom. The van der Waals surface area contributed by atoms with Crippen LogP contribution in [-0.4, -0.2) is 9.78 Å². The van der Waals surface area contributed by atoms with Crippen LogP contribution in [0.3, 0.4) is 0 Å². The molecule has 0 saturated carbocycles. The van der Waals surface area contributed by atoms with Gasteiger partial charge in [-0.05, 0) is 30.3 Å². The van der Waals surface area contributed by atoms with E-state index in [1.54, 1.807) is 23.0 Å². The fourth-order valence-electron chi connectivity index (χ4n) is 2.16. The second kappa shape index (κ2) is 6.51. The highest BCUT2D eigenvalue weighted by Gasteiger charge is 2.07. The van der Waals surface area contributed by atoms with Crippen molar-refractivity contribution in [2.24, 2.45) is 0 Å². The molecular formula is C17H12ClFN4. The molecule has 0 bridgehead atoms. The van der Waals surface area contributed by atoms with Crippen molar-refractivity contribution >= 4 is 17.4 Å². The third kappa shape index (κ3) is 3.33. The van der Waals surface area contributed by atoms with Gasteiger partial charge in [-0.3, -0.25) is 0 Å². The number of nitrogens with zero attached hydrogens (tertiary/aromatic N) is 3. The molecular weight excluding hydrogens is 315 g/mol. The van der Waals surface area contributed by atoms with Crippen molar-refractivity contribution in [3.05, 3.63) is 76.7 Å². The van der Waals surface area contributed by atoms with Gasteiger partial charge in [-0.25, -0.2) is 9.07 Å². The highest BCUT2D eigenvalue weighted by atomic mass is 35.5. The molecule has 0 saturated heterocycles. The monoisotopic (exact) mass is 326 g/mol. The Kier molecular flexibility index (Phi) is 4.26. The number of benzene rings is 2. The lowest BCUT2D eigenvalue weighted by Crippen LogP contribution is -2.04. The van der Waals surface area contributed by atoms with Crippen LogP contribution in [0.4, 0.5) is 10.2 Å². The van der Waals surface area contributed by atoms with Crippen molar-refractivity contribution < 1.29 is 4.39 Å². The topological polar surface area (TPSA) is 53.6 Å². The number of halogens is 2. The lowest BCUT2D eigenvalue weighted by Gasteiger charge is -2.06. The van der Waals surface area contributed by atoms with Crippen LogP contribution in [0.5, 0.6) is 0 Å². The third-order valence-corrected chi connectivity index (χ3v) is 3.64. The van der Waals surface area contributed by atoms with E-state index < -0.39 is 0 Å². The van der Waals surface area contributed by atoms with Crippen molar-refractivity contribution in [3.63, 3.8) is 0 Å². The van der Waals surface area contributed by atoms with Crippen LogP contribution >= 0.6 is 11.6 Å². The van der Waals surface area contributed by atoms with E-state index in [0.717, 1.165) is 5.69 Å². The third-order valence-electron chi connectivity index (χ3n) is 3.32. The van der Waals surface area contributed by atoms with Crippen LogP contribution in [0.2, 0.25) is 5.02 Å². The van der Waals surface area contributed by atoms with E-state index >= 15 is 0 Å². The first-order chi connectivity index (χ1) is 11.2. The van der Waals surface area contributed by atoms with Gasteiger partial charge in [0, 0.05) is 24.4 Å². The first-order valence-corrected chi connectivity index (χ1v) is 7.28. The molecule has 4 nitrogen and oxygen atoms in total. The highest BCUT2D eigenvalue weighted by molar-refractivity contribution is 6.32. The van der Waals surface area contributed by atoms with Crippen LogP contribution in [0, 0.1) is 17.1 Å². The number of aromatic nitrogens is 2. The summed E-state index contributed by atoms with van der Waals surface area (Å²) in [6.45, 7) is 0.237. The lowest BCUT2D eigenvalue weighted by molar-refractivity contribution is 0.612. The zero-order valence-electron chi connectivity index (χ0n) is 12.0. The Morgan fingerprint density at radius 1 is 1.22 bits per heavy atom. The van der Waals surface area contributed by atoms with Crippen molar-refractivity contribution in [2.75, 3.05) is 5.32 Å². The number of anilines is 1. The number of nitriles is 1. The van der Waals surface area contributed by atoms with Crippen molar-refractivity contribution in [1.82, 2.24) is 9.78 Å². The van der Waals surface area contributed by atoms with Crippen LogP contribution in [0.15, 0.2) is 54.7 Å². The van der Waals surface area contributed by atoms with E-state index in [0.29, 0.717) is 22.0 Å². The molecule has 3 rings (SSSR count). The van der Waals surface area contributed by atoms with Crippen LogP contribution in [0.1, 0.15) is 11.1 Å². The van der Waals surface area contributed by atoms with Gasteiger partial charge in [-0.15, -0.1) is 0 Å². The first-order valence-electron chi connectivity index (χ1n) is 6.90. The number of rotatable bonds is 4. The largest absolute Gasteiger partial charge is 0.364 e. The maximum Gasteiger partial charge on any atom is 0.148 e. The van der Waals surface area contributed by atoms with Crippen molar-refractivity contribution in [1.29, 1.82) is 5.26 Å². The second-order valence-electron chi connectivity index (χ2n) is 4.87. The number of para-hydroxylation sites is 1. The van der Waals surface area contributed by atoms with E-state index in [9.17, 15) is 4.39 Å². The van der Waals surface area contributed by atoms with Gasteiger partial charge >= 0.3 is 0 Å². The predicted molar refractivity (Wildman–Crippen MR) is 87.0 cm³/mol. The molecule has 0 aliphatic rings. The Morgan fingerprint density at radius 2 is 2.04 bits per heavy atom. The van der Waals surface area contributed by atoms with Gasteiger partial charge in [0.15, 0.2) is 0 Å². The second-order valence-corrected chi connectivity index (χ2v) is 5.28. The van der Waals surface area contributed by atoms with Gasteiger partial charge in [-0.2, -0.15) is 10.4 Å². The molecule has 0 unspecified atom stereocenters. The Balaban J connectivity index is 1.76. The molecule has 0 radical (unpaired) electrons. The molecule has 23 heavy (non-hydrogen) atoms. The highest BCUT2D eigenvalue weighted by Crippen LogP contribution is 2.20. The Hall–Kier alpha value is -2.84. The molecule has 1 heterocycles. The molecule has 6 heteroatoms. The quantitative estimate of drug-likeness (QED) is 0.783. The Bertz CT molecular complexity index is 882. The van der Waals surface area contributed by atoms with Crippen LogP contribution in [-0.2, 0) is 6.54 Å². The summed E-state index contributed by atoms with van der Waals surface area (Å²) in [6.07, 6.45) is 1.77. The molecule has 0 aliphatic carbocycles. The molecule has 3 aromatic rings. The van der Waals surface area contributed by atoms with Gasteiger partial charge in [0.25, 0.3) is 0 Å². The lowest BCUT2D eigenvalue weighted by atomic mass is 10.1. The minimum atomic E-state index is -0.359. The molecule has 114 valence electrons. The summed E-state index contributed by atoms with van der Waals surface area (Å²) in [5.41, 5.74) is 1.60. The number of hydrogen-bond donors (Lipinski definition) is 1. The zero-order valence-corrected chi connectivity index (χ0v) is 12.8. The summed E-state index contributed by atoms with van der Waals surface area (Å²) in [5, 5.41) is 16.9. The maximum atomic E-state index is 13.7. The summed E-state index contributed by atoms with van der Waals surface area (Å²) in [5.74, 6) is 0.230. The molecule has 1 N–H and O–H groups in total. The molecule has 2 aromatic carbocycles. The van der Waals surface area contributed by atoms with Gasteiger partial charge in [0.05, 0.1) is 22.3 Å². The summed E-state index contributed by atoms with van der Waals surface area (Å²) in [4.78, 5) is 0. The van der Waals surface area contributed by atoms with Gasteiger partial charge in [0.2, 0.25) is 0 Å². The van der Waals surface area contributed by atoms with E-state index in [1.165, 1.54) is 18.2 Å². The fraction of sp³-hybridized carbons (Fsp3) is 0.0588. The minimum absolute atomic E-state index is 0.237. The zero-order chi connectivity index (χ0) is 16.2. The maximum absolute atomic E-state index is 13.7. The average molecular weight is 327 g/mol. The Labute approximate surface area is 137 Å². The molecule has 0 amide bonds. The first kappa shape index (κ1) is 15.1. The van der Waals surface area contributed by atoms with Gasteiger partial charge in [0.1, 0.15) is 11.6 Å². The summed E-state index contributed by atoms with van der Waals surface area (Å²) >= 11 is 6.13. The summed E-state index contributed by atoms with van der Waals surface area (Å²) in [7, 11) is 0. The number of hydrogen-bond acceptors (Lipinski definition) is 3. The standard InChI is InChI=1S/C17H12ClFN4/c18-14-3-1-2-4-16(14)23-8-7-17(22-23)21-11-13-9-12(10-20)5-6-15(13)19/h1-9H,11H2,(H,21,22). The van der Waals surface area contributed by atoms with Crippen molar-refractivity contribution in [2.45, 2.75) is 6.54 Å². The molecule has 0 atom stereocenters. The molecule has 0 aliphatic heterocycles. The minimum Gasteiger partial charge on any atom is -0.364 e. The summed E-state index contributed by atoms with van der Waals surface area (Å²) < 4.78 is 15.4. The van der Waals surface area contributed by atoms with E-state index in [-0.39, 0.29) is 12.4 Å². The SMILES string of the molecule is N#Cc1ccc(F)c(CNc2ccn(-c3ccccc3Cl)n2)c1. The smallest absolute Gasteiger partial charge is 0.148 e. The predicted octanol–water partition coefficient (Wildman–Crippen LogP) is 4.15. The molecule has 0 spiro atoms. The molecule has 0 fully saturated rings. The van der Waals surface area contributed by atoms with Crippen LogP contribution in [0.25, 0.3) is 5.69 Å². The van der Waals surface area contributed by atoms with Gasteiger partial charge in [-0.1, -0.05) is 23.7 Å².